The van der Waals surface area contributed by atoms with Gasteiger partial charge in [0.15, 0.2) is 0 Å². The van der Waals surface area contributed by atoms with Crippen LogP contribution in [0.1, 0.15) is 30.9 Å². The number of halogens is 1. The van der Waals surface area contributed by atoms with Crippen molar-refractivity contribution in [2.45, 2.75) is 25.3 Å². The molecule has 1 aromatic rings. The van der Waals surface area contributed by atoms with Crippen LogP contribution in [0.3, 0.4) is 0 Å². The first-order valence-electron chi connectivity index (χ1n) is 5.42. The number of carbonyl (C=O) groups excluding carboxylic acids is 1. The number of hydrogen-bond donors (Lipinski definition) is 2. The van der Waals surface area contributed by atoms with Gasteiger partial charge in [0.1, 0.15) is 5.75 Å². The van der Waals surface area contributed by atoms with Crippen molar-refractivity contribution < 1.29 is 9.53 Å². The minimum absolute atomic E-state index is 0.151. The molecule has 0 spiro atoms. The summed E-state index contributed by atoms with van der Waals surface area (Å²) in [7, 11) is 1.61. The summed E-state index contributed by atoms with van der Waals surface area (Å²) in [6.45, 7) is 0. The van der Waals surface area contributed by atoms with Crippen LogP contribution in [0.15, 0.2) is 22.7 Å². The second-order valence-electron chi connectivity index (χ2n) is 3.85. The van der Waals surface area contributed by atoms with Gasteiger partial charge >= 0.3 is 0 Å². The second kappa shape index (κ2) is 6.61. The van der Waals surface area contributed by atoms with E-state index in [1.165, 1.54) is 0 Å². The van der Waals surface area contributed by atoms with Crippen molar-refractivity contribution in [3.05, 3.63) is 28.2 Å². The Morgan fingerprint density at radius 1 is 1.53 bits per heavy atom. The molecule has 0 radical (unpaired) electrons. The van der Waals surface area contributed by atoms with Crippen LogP contribution in [0.25, 0.3) is 0 Å². The lowest BCUT2D eigenvalue weighted by molar-refractivity contribution is -0.118. The molecule has 0 saturated carbocycles. The number of nitrogens with two attached hydrogens (primary N) is 2. The Kier molecular flexibility index (Phi) is 5.44. The summed E-state index contributed by atoms with van der Waals surface area (Å²) >= 11 is 3.40. The van der Waals surface area contributed by atoms with Crippen molar-refractivity contribution in [2.75, 3.05) is 7.11 Å². The maximum Gasteiger partial charge on any atom is 0.217 e. The lowest BCUT2D eigenvalue weighted by Crippen LogP contribution is -2.14. The van der Waals surface area contributed by atoms with Crippen LogP contribution in [0, 0.1) is 0 Å². The lowest BCUT2D eigenvalue weighted by atomic mass is 10.0. The molecule has 17 heavy (non-hydrogen) atoms. The zero-order valence-corrected chi connectivity index (χ0v) is 11.4. The van der Waals surface area contributed by atoms with Crippen LogP contribution in [-0.4, -0.2) is 13.0 Å². The summed E-state index contributed by atoms with van der Waals surface area (Å²) in [6, 6.07) is 5.56. The molecule has 0 saturated heterocycles. The molecule has 1 aromatic carbocycles. The molecular formula is C12H17BrN2O2. The van der Waals surface area contributed by atoms with Crippen molar-refractivity contribution in [1.82, 2.24) is 0 Å². The first-order chi connectivity index (χ1) is 8.04. The van der Waals surface area contributed by atoms with Crippen LogP contribution < -0.4 is 16.2 Å². The van der Waals surface area contributed by atoms with E-state index in [1.54, 1.807) is 7.11 Å². The third kappa shape index (κ3) is 4.36. The average molecular weight is 301 g/mol. The van der Waals surface area contributed by atoms with E-state index >= 15 is 0 Å². The molecule has 5 heteroatoms. The smallest absolute Gasteiger partial charge is 0.217 e. The highest BCUT2D eigenvalue weighted by atomic mass is 79.9. The van der Waals surface area contributed by atoms with E-state index in [4.69, 9.17) is 16.2 Å². The molecule has 94 valence electrons. The van der Waals surface area contributed by atoms with Crippen molar-refractivity contribution in [2.24, 2.45) is 11.5 Å². The largest absolute Gasteiger partial charge is 0.496 e. The first-order valence-corrected chi connectivity index (χ1v) is 6.21. The number of amides is 1. The SMILES string of the molecule is COc1ccc(Br)cc1C(N)CCCC(N)=O. The highest BCUT2D eigenvalue weighted by molar-refractivity contribution is 9.10. The van der Waals surface area contributed by atoms with Gasteiger partial charge in [-0.05, 0) is 31.0 Å². The maximum atomic E-state index is 10.6. The van der Waals surface area contributed by atoms with E-state index in [2.05, 4.69) is 15.9 Å². The zero-order valence-electron chi connectivity index (χ0n) is 9.78. The highest BCUT2D eigenvalue weighted by Gasteiger charge is 2.12. The molecule has 1 unspecified atom stereocenters. The normalized spacial score (nSPS) is 12.2. The Balaban J connectivity index is 2.69. The van der Waals surface area contributed by atoms with E-state index < -0.39 is 0 Å². The molecule has 0 bridgehead atoms. The van der Waals surface area contributed by atoms with Crippen LogP contribution in [0.2, 0.25) is 0 Å². The van der Waals surface area contributed by atoms with Crippen LogP contribution in [0.4, 0.5) is 0 Å². The second-order valence-corrected chi connectivity index (χ2v) is 4.77. The fourth-order valence-electron chi connectivity index (χ4n) is 1.65. The van der Waals surface area contributed by atoms with Gasteiger partial charge in [-0.15, -0.1) is 0 Å². The molecule has 4 N–H and O–H groups in total. The summed E-state index contributed by atoms with van der Waals surface area (Å²) in [6.07, 6.45) is 1.76. The Labute approximate surface area is 109 Å². The van der Waals surface area contributed by atoms with Gasteiger partial charge in [0.2, 0.25) is 5.91 Å². The number of methoxy groups -OCH3 is 1. The molecule has 1 atom stereocenters. The van der Waals surface area contributed by atoms with Gasteiger partial charge in [-0.2, -0.15) is 0 Å². The Hall–Kier alpha value is -1.07. The van der Waals surface area contributed by atoms with E-state index in [1.807, 2.05) is 18.2 Å². The molecule has 0 aliphatic rings. The molecule has 0 fully saturated rings. The highest BCUT2D eigenvalue weighted by Crippen LogP contribution is 2.29. The number of primary amides is 1. The number of benzene rings is 1. The van der Waals surface area contributed by atoms with Gasteiger partial charge < -0.3 is 16.2 Å². The molecule has 0 heterocycles. The standard InChI is InChI=1S/C12H17BrN2O2/c1-17-11-6-5-8(13)7-9(11)10(14)3-2-4-12(15)16/h5-7,10H,2-4,14H2,1H3,(H2,15,16). The minimum atomic E-state index is -0.293. The fraction of sp³-hybridized carbons (Fsp3) is 0.417. The Morgan fingerprint density at radius 2 is 2.24 bits per heavy atom. The number of carbonyl (C=O) groups is 1. The third-order valence-corrected chi connectivity index (χ3v) is 3.02. The van der Waals surface area contributed by atoms with Crippen LogP contribution in [0.5, 0.6) is 5.75 Å². The Bertz CT molecular complexity index is 396. The summed E-state index contributed by atoms with van der Waals surface area (Å²) in [4.78, 5) is 10.6. The monoisotopic (exact) mass is 300 g/mol. The maximum absolute atomic E-state index is 10.6. The van der Waals surface area contributed by atoms with Crippen molar-refractivity contribution in [3.8, 4) is 5.75 Å². The third-order valence-electron chi connectivity index (χ3n) is 2.53. The predicted molar refractivity (Wildman–Crippen MR) is 70.7 cm³/mol. The van der Waals surface area contributed by atoms with E-state index in [0.29, 0.717) is 19.3 Å². The van der Waals surface area contributed by atoms with Gasteiger partial charge in [-0.25, -0.2) is 0 Å². The summed E-state index contributed by atoms with van der Waals surface area (Å²) in [5.41, 5.74) is 12.1. The molecule has 1 amide bonds. The minimum Gasteiger partial charge on any atom is -0.496 e. The summed E-state index contributed by atoms with van der Waals surface area (Å²) in [5.74, 6) is 0.471. The van der Waals surface area contributed by atoms with Gasteiger partial charge in [-0.1, -0.05) is 15.9 Å². The number of hydrogen-bond acceptors (Lipinski definition) is 3. The number of ether oxygens (including phenoxy) is 1. The van der Waals surface area contributed by atoms with Crippen molar-refractivity contribution >= 4 is 21.8 Å². The average Bonchev–Trinajstić information content (AvgIpc) is 2.28. The van der Waals surface area contributed by atoms with Gasteiger partial charge in [0.05, 0.1) is 7.11 Å². The van der Waals surface area contributed by atoms with Gasteiger partial charge in [-0.3, -0.25) is 4.79 Å². The van der Waals surface area contributed by atoms with Crippen molar-refractivity contribution in [3.63, 3.8) is 0 Å². The van der Waals surface area contributed by atoms with Gasteiger partial charge in [0, 0.05) is 22.5 Å². The molecule has 1 rings (SSSR count). The first kappa shape index (κ1) is 14.0. The van der Waals surface area contributed by atoms with E-state index in [0.717, 1.165) is 15.8 Å². The summed E-state index contributed by atoms with van der Waals surface area (Å²) < 4.78 is 6.21. The van der Waals surface area contributed by atoms with Crippen molar-refractivity contribution in [1.29, 1.82) is 0 Å². The molecule has 4 nitrogen and oxygen atoms in total. The molecular weight excluding hydrogens is 284 g/mol. The topological polar surface area (TPSA) is 78.3 Å². The number of rotatable bonds is 6. The van der Waals surface area contributed by atoms with Crippen LogP contribution >= 0.6 is 15.9 Å². The Morgan fingerprint density at radius 3 is 2.82 bits per heavy atom. The quantitative estimate of drug-likeness (QED) is 0.844. The fourth-order valence-corrected chi connectivity index (χ4v) is 2.03. The zero-order chi connectivity index (χ0) is 12.8. The van der Waals surface area contributed by atoms with E-state index in [9.17, 15) is 4.79 Å². The summed E-state index contributed by atoms with van der Waals surface area (Å²) in [5, 5.41) is 0. The molecule has 0 aromatic heterocycles. The molecule has 0 aliphatic carbocycles. The lowest BCUT2D eigenvalue weighted by Gasteiger charge is -2.15. The van der Waals surface area contributed by atoms with Crippen LogP contribution in [-0.2, 0) is 4.79 Å². The van der Waals surface area contributed by atoms with E-state index in [-0.39, 0.29) is 11.9 Å². The van der Waals surface area contributed by atoms with Gasteiger partial charge in [0.25, 0.3) is 0 Å². The predicted octanol–water partition coefficient (Wildman–Crippen LogP) is 2.11. The molecule has 0 aliphatic heterocycles.